The summed E-state index contributed by atoms with van der Waals surface area (Å²) >= 11 is 0. The Balaban J connectivity index is 1.63. The van der Waals surface area contributed by atoms with Gasteiger partial charge in [0.1, 0.15) is 0 Å². The molecule has 1 unspecified atom stereocenters. The van der Waals surface area contributed by atoms with Crippen molar-refractivity contribution < 1.29 is 5.11 Å². The van der Waals surface area contributed by atoms with Gasteiger partial charge < -0.3 is 9.67 Å². The molecule has 23 heavy (non-hydrogen) atoms. The fraction of sp³-hybridized carbons (Fsp3) is 0.333. The van der Waals surface area contributed by atoms with Crippen LogP contribution in [0.4, 0.5) is 0 Å². The largest absolute Gasteiger partial charge is 0.388 e. The number of imidazole rings is 1. The van der Waals surface area contributed by atoms with Crippen LogP contribution in [0.5, 0.6) is 0 Å². The maximum Gasteiger partial charge on any atom is 0.0956 e. The van der Waals surface area contributed by atoms with E-state index >= 15 is 0 Å². The highest BCUT2D eigenvalue weighted by molar-refractivity contribution is 5.69. The molecule has 1 aliphatic heterocycles. The van der Waals surface area contributed by atoms with Crippen molar-refractivity contribution in [3.8, 4) is 11.3 Å². The zero-order chi connectivity index (χ0) is 15.6. The normalized spacial score (nSPS) is 25.0. The summed E-state index contributed by atoms with van der Waals surface area (Å²) in [4.78, 5) is 4.33. The molecule has 3 heterocycles. The molecule has 3 atom stereocenters. The lowest BCUT2D eigenvalue weighted by atomic mass is 9.78. The summed E-state index contributed by atoms with van der Waals surface area (Å²) in [5, 5.41) is 15.3. The lowest BCUT2D eigenvalue weighted by Crippen LogP contribution is -2.28. The van der Waals surface area contributed by atoms with Crippen LogP contribution in [0.15, 0.2) is 43.0 Å². The molecule has 2 aliphatic rings. The Labute approximate surface area is 134 Å². The van der Waals surface area contributed by atoms with Crippen LogP contribution in [0, 0.1) is 5.92 Å². The van der Waals surface area contributed by atoms with Gasteiger partial charge >= 0.3 is 0 Å². The molecule has 1 N–H and O–H groups in total. The van der Waals surface area contributed by atoms with E-state index < -0.39 is 6.10 Å². The van der Waals surface area contributed by atoms with Gasteiger partial charge in [0.25, 0.3) is 0 Å². The minimum Gasteiger partial charge on any atom is -0.388 e. The number of benzene rings is 1. The molecule has 5 heteroatoms. The van der Waals surface area contributed by atoms with Gasteiger partial charge in [-0.3, -0.25) is 4.68 Å². The summed E-state index contributed by atoms with van der Waals surface area (Å²) in [5.41, 5.74) is 5.82. The van der Waals surface area contributed by atoms with Crippen molar-refractivity contribution in [3.05, 3.63) is 59.8 Å². The van der Waals surface area contributed by atoms with Crippen molar-refractivity contribution in [3.63, 3.8) is 0 Å². The molecule has 5 rings (SSSR count). The number of rotatable bonds is 1. The number of fused-ring (bicyclic) bond motifs is 4. The third-order valence-electron chi connectivity index (χ3n) is 5.46. The summed E-state index contributed by atoms with van der Waals surface area (Å²) in [5.74, 6) is 0.142. The van der Waals surface area contributed by atoms with Crippen molar-refractivity contribution in [2.75, 3.05) is 0 Å². The van der Waals surface area contributed by atoms with Crippen molar-refractivity contribution in [1.29, 1.82) is 0 Å². The van der Waals surface area contributed by atoms with E-state index in [1.54, 1.807) is 0 Å². The molecule has 0 saturated carbocycles. The lowest BCUT2D eigenvalue weighted by Gasteiger charge is -2.33. The number of aryl methyl sites for hydroxylation is 1. The minimum atomic E-state index is -0.487. The van der Waals surface area contributed by atoms with Gasteiger partial charge in [0.2, 0.25) is 0 Å². The zero-order valence-electron chi connectivity index (χ0n) is 12.9. The first-order chi connectivity index (χ1) is 11.3. The Kier molecular flexibility index (Phi) is 2.59. The number of aliphatic hydroxyl groups is 1. The van der Waals surface area contributed by atoms with Gasteiger partial charge in [0.05, 0.1) is 36.6 Å². The summed E-state index contributed by atoms with van der Waals surface area (Å²) in [7, 11) is 1.95. The van der Waals surface area contributed by atoms with Crippen LogP contribution in [-0.4, -0.2) is 24.4 Å². The van der Waals surface area contributed by atoms with E-state index in [4.69, 9.17) is 0 Å². The Morgan fingerprint density at radius 3 is 2.96 bits per heavy atom. The van der Waals surface area contributed by atoms with E-state index in [9.17, 15) is 5.11 Å². The first-order valence-corrected chi connectivity index (χ1v) is 8.05. The third kappa shape index (κ3) is 1.65. The average Bonchev–Trinajstić information content (AvgIpc) is 3.24. The summed E-state index contributed by atoms with van der Waals surface area (Å²) in [6.45, 7) is 0. The predicted octanol–water partition coefficient (Wildman–Crippen LogP) is 2.48. The summed E-state index contributed by atoms with van der Waals surface area (Å²) in [6.07, 6.45) is 7.05. The third-order valence-corrected chi connectivity index (χ3v) is 5.46. The van der Waals surface area contributed by atoms with Crippen LogP contribution in [0.1, 0.15) is 35.4 Å². The molecular weight excluding hydrogens is 288 g/mol. The predicted molar refractivity (Wildman–Crippen MR) is 85.8 cm³/mol. The van der Waals surface area contributed by atoms with Gasteiger partial charge in [-0.1, -0.05) is 24.3 Å². The first-order valence-electron chi connectivity index (χ1n) is 8.05. The Hall–Kier alpha value is -2.40. The van der Waals surface area contributed by atoms with E-state index in [1.807, 2.05) is 30.5 Å². The highest BCUT2D eigenvalue weighted by Crippen LogP contribution is 2.49. The van der Waals surface area contributed by atoms with Crippen molar-refractivity contribution in [1.82, 2.24) is 19.3 Å². The topological polar surface area (TPSA) is 55.9 Å². The SMILES string of the molecule is Cn1ncc2c1CC[C@H](C1c3ccccc3-c3cncn31)[C@@H]2O. The van der Waals surface area contributed by atoms with Crippen LogP contribution in [0.3, 0.4) is 0 Å². The fourth-order valence-electron chi connectivity index (χ4n) is 4.37. The van der Waals surface area contributed by atoms with Crippen LogP contribution in [0.2, 0.25) is 0 Å². The van der Waals surface area contributed by atoms with Gasteiger partial charge in [-0.05, 0) is 18.4 Å². The van der Waals surface area contributed by atoms with E-state index in [2.05, 4.69) is 38.9 Å². The molecule has 0 bridgehead atoms. The molecule has 116 valence electrons. The highest BCUT2D eigenvalue weighted by Gasteiger charge is 2.41. The van der Waals surface area contributed by atoms with Gasteiger partial charge in [0, 0.05) is 29.8 Å². The van der Waals surface area contributed by atoms with Crippen molar-refractivity contribution in [2.45, 2.75) is 25.0 Å². The maximum absolute atomic E-state index is 11.0. The summed E-state index contributed by atoms with van der Waals surface area (Å²) in [6, 6.07) is 8.62. The monoisotopic (exact) mass is 306 g/mol. The van der Waals surface area contributed by atoms with E-state index in [0.29, 0.717) is 0 Å². The molecule has 0 radical (unpaired) electrons. The molecule has 1 aliphatic carbocycles. The second-order valence-electron chi connectivity index (χ2n) is 6.54. The lowest BCUT2D eigenvalue weighted by molar-refractivity contribution is 0.0713. The van der Waals surface area contributed by atoms with Gasteiger partial charge in [0.15, 0.2) is 0 Å². The van der Waals surface area contributed by atoms with Crippen LogP contribution in [0.25, 0.3) is 11.3 Å². The van der Waals surface area contributed by atoms with Gasteiger partial charge in [-0.2, -0.15) is 5.10 Å². The number of hydrogen-bond donors (Lipinski definition) is 1. The molecule has 0 saturated heterocycles. The number of aliphatic hydroxyl groups excluding tert-OH is 1. The van der Waals surface area contributed by atoms with E-state index in [1.165, 1.54) is 11.1 Å². The second-order valence-corrected chi connectivity index (χ2v) is 6.54. The molecule has 0 spiro atoms. The van der Waals surface area contributed by atoms with Crippen molar-refractivity contribution >= 4 is 0 Å². The molecule has 0 amide bonds. The van der Waals surface area contributed by atoms with Crippen molar-refractivity contribution in [2.24, 2.45) is 13.0 Å². The molecule has 3 aromatic rings. The second kappa shape index (κ2) is 4.55. The standard InChI is InChI=1S/C18H18N4O/c1-21-15-7-6-13(18(23)14(15)8-20-21)17-12-5-3-2-4-11(12)16-9-19-10-22(16)17/h2-5,8-10,13,17-18,23H,6-7H2,1H3/t13-,17?,18+/m1/s1. The number of nitrogens with zero attached hydrogens (tertiary/aromatic N) is 4. The minimum absolute atomic E-state index is 0.142. The fourth-order valence-corrected chi connectivity index (χ4v) is 4.37. The van der Waals surface area contributed by atoms with Crippen LogP contribution >= 0.6 is 0 Å². The number of aromatic nitrogens is 4. The molecule has 0 fully saturated rings. The van der Waals surface area contributed by atoms with E-state index in [-0.39, 0.29) is 12.0 Å². The highest BCUT2D eigenvalue weighted by atomic mass is 16.3. The molecule has 1 aromatic carbocycles. The average molecular weight is 306 g/mol. The maximum atomic E-state index is 11.0. The number of hydrogen-bond acceptors (Lipinski definition) is 3. The first kappa shape index (κ1) is 13.1. The quantitative estimate of drug-likeness (QED) is 0.751. The van der Waals surface area contributed by atoms with Crippen LogP contribution < -0.4 is 0 Å². The Morgan fingerprint density at radius 1 is 1.17 bits per heavy atom. The van der Waals surface area contributed by atoms with E-state index in [0.717, 1.165) is 29.8 Å². The van der Waals surface area contributed by atoms with Gasteiger partial charge in [-0.15, -0.1) is 0 Å². The molecule has 2 aromatic heterocycles. The summed E-state index contributed by atoms with van der Waals surface area (Å²) < 4.78 is 4.11. The Morgan fingerprint density at radius 2 is 2.04 bits per heavy atom. The van der Waals surface area contributed by atoms with Gasteiger partial charge in [-0.25, -0.2) is 4.98 Å². The smallest absolute Gasteiger partial charge is 0.0956 e. The zero-order valence-corrected chi connectivity index (χ0v) is 12.9. The van der Waals surface area contributed by atoms with Crippen LogP contribution in [-0.2, 0) is 13.5 Å². The molecular formula is C18H18N4O. The molecule has 5 nitrogen and oxygen atoms in total. The Bertz CT molecular complexity index is 894.